The Morgan fingerprint density at radius 1 is 1.02 bits per heavy atom. The molecule has 2 unspecified atom stereocenters. The van der Waals surface area contributed by atoms with E-state index in [4.69, 9.17) is 4.74 Å². The van der Waals surface area contributed by atoms with Crippen molar-refractivity contribution in [2.45, 2.75) is 54.6 Å². The van der Waals surface area contributed by atoms with E-state index in [1.807, 2.05) is 48.5 Å². The van der Waals surface area contributed by atoms with Gasteiger partial charge in [0.15, 0.2) is 0 Å². The van der Waals surface area contributed by atoms with Gasteiger partial charge in [0.25, 0.3) is 5.91 Å². The predicted octanol–water partition coefficient (Wildman–Crippen LogP) is 8.00. The number of carbonyl (C=O) groups is 1. The maximum Gasteiger partial charge on any atom is 0.416 e. The lowest BCUT2D eigenvalue weighted by molar-refractivity contribution is -0.137. The Kier molecular flexibility index (Phi) is 9.54. The minimum atomic E-state index is -4.34. The van der Waals surface area contributed by atoms with Crippen molar-refractivity contribution in [1.82, 2.24) is 10.2 Å². The van der Waals surface area contributed by atoms with E-state index in [0.29, 0.717) is 23.5 Å². The molecule has 0 bridgehead atoms. The molecule has 2 saturated heterocycles. The van der Waals surface area contributed by atoms with E-state index in [1.165, 1.54) is 23.5 Å². The van der Waals surface area contributed by atoms with Crippen molar-refractivity contribution in [3.8, 4) is 11.8 Å². The van der Waals surface area contributed by atoms with Crippen LogP contribution in [-0.4, -0.2) is 46.6 Å². The van der Waals surface area contributed by atoms with Gasteiger partial charge in [-0.1, -0.05) is 40.8 Å². The Morgan fingerprint density at radius 3 is 2.49 bits per heavy atom. The number of hydrogen-bond donors (Lipinski definition) is 1. The molecule has 45 heavy (non-hydrogen) atoms. The fraction of sp³-hybridized carbons (Fsp3) is 0.353. The first kappa shape index (κ1) is 31.6. The molecule has 2 atom stereocenters. The second-order valence-corrected chi connectivity index (χ2v) is 14.0. The van der Waals surface area contributed by atoms with Gasteiger partial charge in [0, 0.05) is 55.4 Å². The number of rotatable bonds is 7. The lowest BCUT2D eigenvalue weighted by Crippen LogP contribution is -2.47. The van der Waals surface area contributed by atoms with Crippen LogP contribution in [0.5, 0.6) is 5.75 Å². The number of hydrogen-bond acceptors (Lipinski definition) is 6. The van der Waals surface area contributed by atoms with Gasteiger partial charge in [-0.2, -0.15) is 18.4 Å². The number of halogens is 4. The Bertz CT molecular complexity index is 1700. The predicted molar refractivity (Wildman–Crippen MR) is 179 cm³/mol. The quantitative estimate of drug-likeness (QED) is 0.118. The van der Waals surface area contributed by atoms with Crippen molar-refractivity contribution < 1.29 is 22.7 Å². The van der Waals surface area contributed by atoms with Gasteiger partial charge >= 0.3 is 6.18 Å². The molecule has 11 heteroatoms. The molecule has 6 nitrogen and oxygen atoms in total. The summed E-state index contributed by atoms with van der Waals surface area (Å²) in [6, 6.07) is 23.2. The number of anilines is 1. The van der Waals surface area contributed by atoms with E-state index in [2.05, 4.69) is 43.8 Å². The molecule has 3 aromatic carbocycles. The number of nitrogens with one attached hydrogen (secondary N) is 1. The van der Waals surface area contributed by atoms with Crippen LogP contribution in [-0.2, 0) is 12.7 Å². The average Bonchev–Trinajstić information content (AvgIpc) is 3.46. The monoisotopic (exact) mass is 744 g/mol. The van der Waals surface area contributed by atoms with E-state index in [1.54, 1.807) is 0 Å². The molecule has 6 rings (SSSR count). The van der Waals surface area contributed by atoms with E-state index in [9.17, 15) is 23.2 Å². The third-order valence-corrected chi connectivity index (χ3v) is 10.9. The lowest BCUT2D eigenvalue weighted by Gasteiger charge is -2.37. The number of thiophene rings is 1. The molecule has 4 aromatic rings. The number of nitrogens with zero attached hydrogens (tertiary/aromatic N) is 3. The Labute approximate surface area is 277 Å². The molecule has 0 radical (unpaired) electrons. The molecule has 0 aliphatic carbocycles. The number of piperidine rings is 2. The SMILES string of the molecule is N#Cc1ccccc1CN1CCC(NC(=O)c2cc3ccc(OC4CCN(c5ccc(C(F)(F)F)cc5)CC4)cc3s2)CC1I. The molecule has 2 aliphatic heterocycles. The highest BCUT2D eigenvalue weighted by Crippen LogP contribution is 2.33. The van der Waals surface area contributed by atoms with Crippen molar-refractivity contribution in [2.75, 3.05) is 24.5 Å². The second-order valence-electron chi connectivity index (χ2n) is 11.5. The largest absolute Gasteiger partial charge is 0.490 e. The molecular weight excluding hydrogens is 712 g/mol. The number of benzene rings is 3. The van der Waals surface area contributed by atoms with Gasteiger partial charge in [-0.05, 0) is 78.4 Å². The first-order chi connectivity index (χ1) is 21.7. The molecule has 0 saturated carbocycles. The van der Waals surface area contributed by atoms with Crippen LogP contribution in [0.3, 0.4) is 0 Å². The van der Waals surface area contributed by atoms with Crippen molar-refractivity contribution in [3.05, 3.63) is 94.4 Å². The van der Waals surface area contributed by atoms with Crippen LogP contribution in [0.15, 0.2) is 72.8 Å². The third kappa shape index (κ3) is 7.56. The highest BCUT2D eigenvalue weighted by Gasteiger charge is 2.31. The molecule has 1 aromatic heterocycles. The summed E-state index contributed by atoms with van der Waals surface area (Å²) in [6.07, 6.45) is -1.12. The van der Waals surface area contributed by atoms with Crippen LogP contribution < -0.4 is 15.0 Å². The maximum absolute atomic E-state index is 13.2. The summed E-state index contributed by atoms with van der Waals surface area (Å²) in [5, 5.41) is 13.7. The summed E-state index contributed by atoms with van der Waals surface area (Å²) >= 11 is 3.89. The van der Waals surface area contributed by atoms with E-state index >= 15 is 0 Å². The van der Waals surface area contributed by atoms with Gasteiger partial charge in [-0.3, -0.25) is 9.69 Å². The van der Waals surface area contributed by atoms with Gasteiger partial charge in [0.05, 0.1) is 26.1 Å². The fourth-order valence-electron chi connectivity index (χ4n) is 6.00. The zero-order valence-corrected chi connectivity index (χ0v) is 27.4. The first-order valence-corrected chi connectivity index (χ1v) is 17.0. The van der Waals surface area contributed by atoms with Crippen LogP contribution in [0, 0.1) is 11.3 Å². The zero-order valence-electron chi connectivity index (χ0n) is 24.4. The summed E-state index contributed by atoms with van der Waals surface area (Å²) in [7, 11) is 0. The molecule has 2 fully saturated rings. The molecule has 3 heterocycles. The van der Waals surface area contributed by atoms with Gasteiger partial charge in [0.1, 0.15) is 11.9 Å². The van der Waals surface area contributed by atoms with E-state index in [-0.39, 0.29) is 22.1 Å². The summed E-state index contributed by atoms with van der Waals surface area (Å²) in [4.78, 5) is 18.3. The highest BCUT2D eigenvalue weighted by molar-refractivity contribution is 14.1. The van der Waals surface area contributed by atoms with Crippen molar-refractivity contribution in [3.63, 3.8) is 0 Å². The Morgan fingerprint density at radius 2 is 1.78 bits per heavy atom. The van der Waals surface area contributed by atoms with Crippen LogP contribution in [0.4, 0.5) is 18.9 Å². The van der Waals surface area contributed by atoms with Crippen LogP contribution in [0.1, 0.15) is 52.0 Å². The summed E-state index contributed by atoms with van der Waals surface area (Å²) in [5.74, 6) is 0.688. The number of likely N-dealkylation sites (tertiary alicyclic amines) is 1. The highest BCUT2D eigenvalue weighted by atomic mass is 127. The number of alkyl halides is 4. The fourth-order valence-corrected chi connectivity index (χ4v) is 8.08. The minimum Gasteiger partial charge on any atom is -0.490 e. The van der Waals surface area contributed by atoms with Crippen LogP contribution >= 0.6 is 33.9 Å². The average molecular weight is 745 g/mol. The Hall–Kier alpha value is -3.34. The smallest absolute Gasteiger partial charge is 0.416 e. The number of fused-ring (bicyclic) bond motifs is 1. The van der Waals surface area contributed by atoms with Crippen LogP contribution in [0.25, 0.3) is 10.1 Å². The summed E-state index contributed by atoms with van der Waals surface area (Å²) in [5.41, 5.74) is 1.88. The van der Waals surface area contributed by atoms with Crippen molar-refractivity contribution >= 4 is 55.6 Å². The number of carbonyl (C=O) groups excluding carboxylic acids is 1. The lowest BCUT2D eigenvalue weighted by atomic mass is 10.0. The molecule has 0 spiro atoms. The molecule has 1 N–H and O–H groups in total. The summed E-state index contributed by atoms with van der Waals surface area (Å²) in [6.45, 7) is 2.96. The van der Waals surface area contributed by atoms with Crippen molar-refractivity contribution in [1.29, 1.82) is 5.26 Å². The van der Waals surface area contributed by atoms with Crippen LogP contribution in [0.2, 0.25) is 0 Å². The van der Waals surface area contributed by atoms with E-state index < -0.39 is 11.7 Å². The van der Waals surface area contributed by atoms with Gasteiger partial charge < -0.3 is 15.0 Å². The number of amides is 1. The van der Waals surface area contributed by atoms with Gasteiger partial charge in [0.2, 0.25) is 0 Å². The molecule has 2 aliphatic rings. The number of ether oxygens (including phenoxy) is 1. The standard InChI is InChI=1S/C34H32F3IN4O2S/c35-34(36,37)25-6-8-27(9-7-25)41-15-12-28(13-16-41)44-29-10-5-22-17-31(45-30(22)19-29)33(43)40-26-11-14-42(32(38)18-26)21-24-4-2-1-3-23(24)20-39/h1-10,17,19,26,28,32H,11-16,18,21H2,(H,40,43). The first-order valence-electron chi connectivity index (χ1n) is 15.0. The molecule has 1 amide bonds. The van der Waals surface area contributed by atoms with Gasteiger partial charge in [-0.25, -0.2) is 0 Å². The molecule has 234 valence electrons. The Balaban J connectivity index is 1.00. The normalized spacial score (nSPS) is 19.8. The minimum absolute atomic E-state index is 0.0105. The molecular formula is C34H32F3IN4O2S. The number of nitriles is 1. The van der Waals surface area contributed by atoms with E-state index in [0.717, 1.165) is 78.0 Å². The van der Waals surface area contributed by atoms with Gasteiger partial charge in [-0.15, -0.1) is 11.3 Å². The second kappa shape index (κ2) is 13.6. The van der Waals surface area contributed by atoms with Crippen molar-refractivity contribution in [2.24, 2.45) is 0 Å². The topological polar surface area (TPSA) is 68.6 Å². The maximum atomic E-state index is 13.2. The third-order valence-electron chi connectivity index (χ3n) is 8.51. The summed E-state index contributed by atoms with van der Waals surface area (Å²) < 4.78 is 46.2. The zero-order chi connectivity index (χ0) is 31.6.